The van der Waals surface area contributed by atoms with Crippen LogP contribution in [0.4, 0.5) is 0 Å². The van der Waals surface area contributed by atoms with Gasteiger partial charge in [-0.05, 0) is 54.6 Å². The zero-order chi connectivity index (χ0) is 30.7. The van der Waals surface area contributed by atoms with Gasteiger partial charge >= 0.3 is 0 Å². The standard InChI is InChI=1S/3C7H16.CH4/c3*1-6(2)5-7(3)4;/h3*6-7H,5H2,1-4H3;1H4/i2*1D3,5D2,6D;5D2,6D;. The minimum Gasteiger partial charge on any atom is -0.0776 e. The van der Waals surface area contributed by atoms with E-state index in [-0.39, 0.29) is 13.3 Å². The van der Waals surface area contributed by atoms with Gasteiger partial charge in [0.25, 0.3) is 0 Å². The normalized spacial score (nSPS) is 29.6. The van der Waals surface area contributed by atoms with Crippen molar-refractivity contribution in [2.24, 2.45) is 35.4 Å². The highest BCUT2D eigenvalue weighted by atomic mass is 14.0. The predicted octanol–water partition coefficient (Wildman–Crippen LogP) is 8.70. The Bertz CT molecular complexity index is 604. The maximum absolute atomic E-state index is 7.57. The molecule has 0 heterocycles. The molecule has 140 valence electrons. The van der Waals surface area contributed by atoms with Crippen LogP contribution in [0.15, 0.2) is 0 Å². The lowest BCUT2D eigenvalue weighted by atomic mass is 10.0. The quantitative estimate of drug-likeness (QED) is 0.456. The lowest BCUT2D eigenvalue weighted by Crippen LogP contribution is -1.93. The zero-order valence-electron chi connectivity index (χ0n) is 30.7. The Kier molecular flexibility index (Phi) is 7.71. The summed E-state index contributed by atoms with van der Waals surface area (Å²) >= 11 is 0. The first kappa shape index (κ1) is 8.91. The van der Waals surface area contributed by atoms with Gasteiger partial charge in [0.15, 0.2) is 0 Å². The molecule has 0 radical (unpaired) electrons. The van der Waals surface area contributed by atoms with E-state index in [1.807, 2.05) is 0 Å². The van der Waals surface area contributed by atoms with Crippen LogP contribution in [0.3, 0.4) is 0 Å². The molecule has 0 saturated heterocycles. The van der Waals surface area contributed by atoms with E-state index in [4.69, 9.17) is 20.6 Å². The SMILES string of the molecule is C.[2H]C(C)(C)C([2H])([2H])C(C)C.[2H]C([2H])([2H])C([2H])(C)C([2H])([2H])C(C)C.[2H]C([2H])([2H])C([2H])(C)C([2H])([2H])C(C)C. The fraction of sp³-hybridized carbons (Fsp3) is 1.00. The Labute approximate surface area is 166 Å². The van der Waals surface area contributed by atoms with E-state index in [0.717, 1.165) is 13.8 Å². The van der Waals surface area contributed by atoms with Crippen molar-refractivity contribution in [3.05, 3.63) is 0 Å². The summed E-state index contributed by atoms with van der Waals surface area (Å²) in [7, 11) is 0. The maximum atomic E-state index is 7.57. The molecule has 0 rings (SSSR count). The van der Waals surface area contributed by atoms with Crippen molar-refractivity contribution >= 4 is 0 Å². The molecule has 0 nitrogen and oxygen atoms in total. The summed E-state index contributed by atoms with van der Waals surface area (Å²) in [4.78, 5) is 0. The molecule has 0 fully saturated rings. The summed E-state index contributed by atoms with van der Waals surface area (Å²) in [6, 6.07) is 0. The van der Waals surface area contributed by atoms with Crippen molar-refractivity contribution in [3.8, 4) is 0 Å². The summed E-state index contributed by atoms with van der Waals surface area (Å²) in [6.45, 7) is 10.2. The highest BCUT2D eigenvalue weighted by Gasteiger charge is 1.96. The van der Waals surface area contributed by atoms with Crippen molar-refractivity contribution < 1.29 is 20.6 Å². The minimum absolute atomic E-state index is 0. The number of rotatable bonds is 6. The third kappa shape index (κ3) is 50.1. The first-order valence-electron chi connectivity index (χ1n) is 15.1. The first-order valence-corrected chi connectivity index (χ1v) is 7.58. The molecule has 2 unspecified atom stereocenters. The van der Waals surface area contributed by atoms with Crippen LogP contribution in [-0.2, 0) is 0 Å². The van der Waals surface area contributed by atoms with Crippen molar-refractivity contribution in [1.29, 1.82) is 0 Å². The molecule has 0 heteroatoms. The van der Waals surface area contributed by atoms with Gasteiger partial charge in [-0.1, -0.05) is 90.4 Å². The van der Waals surface area contributed by atoms with E-state index >= 15 is 0 Å². The van der Waals surface area contributed by atoms with E-state index in [1.165, 1.54) is 0 Å². The molecule has 0 aliphatic carbocycles. The Morgan fingerprint density at radius 2 is 0.818 bits per heavy atom. The Balaban J connectivity index is -0.000000220. The van der Waals surface area contributed by atoms with Gasteiger partial charge in [0, 0.05) is 20.6 Å². The van der Waals surface area contributed by atoms with Crippen LogP contribution in [0.5, 0.6) is 0 Å². The van der Waals surface area contributed by atoms with E-state index in [0.29, 0.717) is 0 Å². The molecule has 0 saturated carbocycles. The lowest BCUT2D eigenvalue weighted by Gasteiger charge is -2.05. The summed E-state index contributed by atoms with van der Waals surface area (Å²) in [5, 5.41) is 0. The average Bonchev–Trinajstić information content (AvgIpc) is 2.59. The van der Waals surface area contributed by atoms with Crippen LogP contribution in [0.1, 0.15) is 130 Å². The molecule has 0 aromatic rings. The van der Waals surface area contributed by atoms with E-state index in [9.17, 15) is 0 Å². The van der Waals surface area contributed by atoms with Crippen molar-refractivity contribution in [1.82, 2.24) is 0 Å². The van der Waals surface area contributed by atoms with Crippen molar-refractivity contribution in [2.45, 2.75) is 109 Å². The molecule has 0 aromatic carbocycles. The minimum atomic E-state index is -2.60. The summed E-state index contributed by atoms with van der Waals surface area (Å²) in [5.41, 5.74) is 0. The molecule has 0 aromatic heterocycles. The van der Waals surface area contributed by atoms with Crippen LogP contribution >= 0.6 is 0 Å². The topological polar surface area (TPSA) is 0 Å². The lowest BCUT2D eigenvalue weighted by molar-refractivity contribution is 0.469. The van der Waals surface area contributed by atoms with Gasteiger partial charge in [-0.3, -0.25) is 0 Å². The molecule has 2 atom stereocenters. The fourth-order valence-electron chi connectivity index (χ4n) is 1.44. The summed E-state index contributed by atoms with van der Waals surface area (Å²) in [6.07, 6.45) is -5.43. The molecule has 0 bridgehead atoms. The molecular weight excluding hydrogens is 264 g/mol. The van der Waals surface area contributed by atoms with Gasteiger partial charge in [-0.25, -0.2) is 0 Å². The van der Waals surface area contributed by atoms with Gasteiger partial charge in [0.2, 0.25) is 0 Å². The van der Waals surface area contributed by atoms with Crippen LogP contribution in [-0.4, -0.2) is 0 Å². The maximum Gasteiger partial charge on any atom is 0.0297 e. The van der Waals surface area contributed by atoms with E-state index in [1.54, 1.807) is 55.4 Å². The number of hydrogen-bond donors (Lipinski definition) is 0. The van der Waals surface area contributed by atoms with Crippen LogP contribution in [0, 0.1) is 35.4 Å². The second-order valence-corrected chi connectivity index (χ2v) is 6.15. The van der Waals surface area contributed by atoms with Crippen LogP contribution in [0.25, 0.3) is 0 Å². The third-order valence-corrected chi connectivity index (χ3v) is 1.59. The predicted molar refractivity (Wildman–Crippen MR) is 110 cm³/mol. The summed E-state index contributed by atoms with van der Waals surface area (Å²) in [5.74, 6) is -6.20. The molecular formula is C22H52. The smallest absolute Gasteiger partial charge is 0.0297 e. The molecule has 0 aliphatic heterocycles. The Morgan fingerprint density at radius 3 is 0.864 bits per heavy atom. The van der Waals surface area contributed by atoms with E-state index in [2.05, 4.69) is 0 Å². The second kappa shape index (κ2) is 19.0. The highest BCUT2D eigenvalue weighted by molar-refractivity contribution is 4.48. The third-order valence-electron chi connectivity index (χ3n) is 1.59. The first-order chi connectivity index (χ1) is 15.1. The zero-order valence-corrected chi connectivity index (χ0v) is 15.7. The second-order valence-electron chi connectivity index (χ2n) is 6.15. The van der Waals surface area contributed by atoms with Gasteiger partial charge in [-0.15, -0.1) is 0 Å². The molecule has 0 N–H and O–H groups in total. The number of hydrogen-bond acceptors (Lipinski definition) is 0. The van der Waals surface area contributed by atoms with Crippen molar-refractivity contribution in [2.75, 3.05) is 0 Å². The van der Waals surface area contributed by atoms with Gasteiger partial charge in [0.1, 0.15) is 0 Å². The Morgan fingerprint density at radius 1 is 0.591 bits per heavy atom. The monoisotopic (exact) mass is 332 g/mol. The van der Waals surface area contributed by atoms with Gasteiger partial charge in [-0.2, -0.15) is 0 Å². The Hall–Kier alpha value is 0. The van der Waals surface area contributed by atoms with Crippen molar-refractivity contribution in [3.63, 3.8) is 0 Å². The summed E-state index contributed by atoms with van der Waals surface area (Å²) < 4.78 is 110. The van der Waals surface area contributed by atoms with Gasteiger partial charge < -0.3 is 0 Å². The molecule has 0 amide bonds. The molecule has 22 heavy (non-hydrogen) atoms. The molecule has 0 aliphatic rings. The average molecular weight is 332 g/mol. The van der Waals surface area contributed by atoms with Crippen LogP contribution < -0.4 is 0 Å². The van der Waals surface area contributed by atoms with Crippen LogP contribution in [0.2, 0.25) is 0 Å². The fourth-order valence-corrected chi connectivity index (χ4v) is 1.44. The highest BCUT2D eigenvalue weighted by Crippen LogP contribution is 2.09. The largest absolute Gasteiger partial charge is 0.0776 e. The molecule has 0 spiro atoms. The van der Waals surface area contributed by atoms with Gasteiger partial charge in [0.05, 0.1) is 0 Å². The van der Waals surface area contributed by atoms with E-state index < -0.39 is 62.3 Å².